The Morgan fingerprint density at radius 1 is 1.19 bits per heavy atom. The second kappa shape index (κ2) is 6.27. The highest BCUT2D eigenvalue weighted by Gasteiger charge is 2.21. The van der Waals surface area contributed by atoms with Gasteiger partial charge in [0, 0.05) is 5.39 Å². The lowest BCUT2D eigenvalue weighted by Gasteiger charge is -2.26. The van der Waals surface area contributed by atoms with Crippen molar-refractivity contribution < 1.29 is 9.13 Å². The Morgan fingerprint density at radius 2 is 2.00 bits per heavy atom. The molecule has 1 atom stereocenters. The highest BCUT2D eigenvalue weighted by Crippen LogP contribution is 2.32. The molecule has 0 aromatic heterocycles. The summed E-state index contributed by atoms with van der Waals surface area (Å²) in [5, 5.41) is 5.07. The first kappa shape index (κ1) is 14.1. The molecule has 0 saturated heterocycles. The number of ether oxygens (including phenoxy) is 1. The fourth-order valence-electron chi connectivity index (χ4n) is 2.88. The minimum Gasteiger partial charge on any atom is -0.496 e. The summed E-state index contributed by atoms with van der Waals surface area (Å²) in [6, 6.07) is 11.0. The molecule has 0 saturated carbocycles. The van der Waals surface area contributed by atoms with Crippen molar-refractivity contribution in [1.29, 1.82) is 0 Å². The van der Waals surface area contributed by atoms with Gasteiger partial charge in [-0.1, -0.05) is 37.3 Å². The first-order valence-electron chi connectivity index (χ1n) is 7.54. The van der Waals surface area contributed by atoms with E-state index in [4.69, 9.17) is 4.74 Å². The van der Waals surface area contributed by atoms with E-state index in [1.165, 1.54) is 0 Å². The second-order valence-electron chi connectivity index (χ2n) is 5.27. The number of allylic oxidation sites excluding steroid dienone is 1. The van der Waals surface area contributed by atoms with Crippen LogP contribution in [0.15, 0.2) is 48.2 Å². The van der Waals surface area contributed by atoms with E-state index in [0.717, 1.165) is 42.7 Å². The van der Waals surface area contributed by atoms with Crippen molar-refractivity contribution in [3.63, 3.8) is 0 Å². The predicted octanol–water partition coefficient (Wildman–Crippen LogP) is 4.32. The Labute approximate surface area is 124 Å². The molecule has 0 spiro atoms. The zero-order valence-electron chi connectivity index (χ0n) is 12.2. The van der Waals surface area contributed by atoms with E-state index in [1.54, 1.807) is 6.07 Å². The van der Waals surface area contributed by atoms with Crippen LogP contribution in [-0.4, -0.2) is 13.2 Å². The fraction of sp³-hybridized carbons (Fsp3) is 0.333. The third-order valence-electron chi connectivity index (χ3n) is 3.87. The zero-order valence-corrected chi connectivity index (χ0v) is 12.2. The summed E-state index contributed by atoms with van der Waals surface area (Å²) in [7, 11) is 0. The average molecular weight is 285 g/mol. The van der Waals surface area contributed by atoms with E-state index in [1.807, 2.05) is 30.3 Å². The lowest BCUT2D eigenvalue weighted by molar-refractivity contribution is 0.168. The fourth-order valence-corrected chi connectivity index (χ4v) is 2.88. The molecule has 0 aliphatic carbocycles. The highest BCUT2D eigenvalue weighted by molar-refractivity contribution is 5.87. The molecule has 2 aromatic carbocycles. The van der Waals surface area contributed by atoms with Crippen LogP contribution >= 0.6 is 0 Å². The van der Waals surface area contributed by atoms with Crippen molar-refractivity contribution in [2.75, 3.05) is 13.2 Å². The number of hydrogen-bond donors (Lipinski definition) is 1. The van der Waals surface area contributed by atoms with Crippen LogP contribution in [0, 0.1) is 5.82 Å². The molecule has 1 unspecified atom stereocenters. The normalized spacial score (nSPS) is 16.4. The van der Waals surface area contributed by atoms with Gasteiger partial charge >= 0.3 is 0 Å². The average Bonchev–Trinajstić information content (AvgIpc) is 2.55. The summed E-state index contributed by atoms with van der Waals surface area (Å²) < 4.78 is 19.8. The zero-order chi connectivity index (χ0) is 14.7. The molecule has 0 amide bonds. The molecule has 3 heteroatoms. The predicted molar refractivity (Wildman–Crippen MR) is 83.6 cm³/mol. The highest BCUT2D eigenvalue weighted by atomic mass is 19.1. The van der Waals surface area contributed by atoms with E-state index in [-0.39, 0.29) is 11.9 Å². The van der Waals surface area contributed by atoms with E-state index in [9.17, 15) is 4.39 Å². The third-order valence-corrected chi connectivity index (χ3v) is 3.87. The Morgan fingerprint density at radius 3 is 2.71 bits per heavy atom. The summed E-state index contributed by atoms with van der Waals surface area (Å²) in [6.07, 6.45) is 4.25. The summed E-state index contributed by atoms with van der Waals surface area (Å²) in [5.74, 6) is 0.781. The number of nitrogens with one attached hydrogen (secondary N) is 1. The molecule has 1 aliphatic rings. The van der Waals surface area contributed by atoms with Gasteiger partial charge in [0.1, 0.15) is 11.6 Å². The molecule has 1 heterocycles. The van der Waals surface area contributed by atoms with Crippen LogP contribution in [0.5, 0.6) is 0 Å². The second-order valence-corrected chi connectivity index (χ2v) is 5.27. The first-order chi connectivity index (χ1) is 10.3. The molecule has 110 valence electrons. The maximum Gasteiger partial charge on any atom is 0.131 e. The van der Waals surface area contributed by atoms with Crippen LogP contribution in [0.1, 0.15) is 31.4 Å². The van der Waals surface area contributed by atoms with Gasteiger partial charge in [0.25, 0.3) is 0 Å². The van der Waals surface area contributed by atoms with E-state index >= 15 is 0 Å². The van der Waals surface area contributed by atoms with Gasteiger partial charge in [-0.3, -0.25) is 0 Å². The van der Waals surface area contributed by atoms with Crippen LogP contribution < -0.4 is 5.32 Å². The maximum absolute atomic E-state index is 14.0. The van der Waals surface area contributed by atoms with E-state index in [0.29, 0.717) is 5.39 Å². The number of halogens is 1. The summed E-state index contributed by atoms with van der Waals surface area (Å²) in [5.41, 5.74) is 1.07. The molecule has 1 aliphatic heterocycles. The van der Waals surface area contributed by atoms with Gasteiger partial charge in [-0.05, 0) is 42.5 Å². The van der Waals surface area contributed by atoms with Crippen LogP contribution in [-0.2, 0) is 4.74 Å². The monoisotopic (exact) mass is 285 g/mol. The van der Waals surface area contributed by atoms with Crippen molar-refractivity contribution in [2.45, 2.75) is 25.8 Å². The molecular weight excluding hydrogens is 265 g/mol. The maximum atomic E-state index is 14.0. The van der Waals surface area contributed by atoms with E-state index < -0.39 is 0 Å². The molecule has 3 rings (SSSR count). The molecule has 0 radical (unpaired) electrons. The van der Waals surface area contributed by atoms with Crippen molar-refractivity contribution in [3.8, 4) is 0 Å². The van der Waals surface area contributed by atoms with Gasteiger partial charge in [0.2, 0.25) is 0 Å². The van der Waals surface area contributed by atoms with Crippen molar-refractivity contribution in [3.05, 3.63) is 59.6 Å². The SMILES string of the molecule is CCNC(C1=CCCCO1)c1ccc(F)c2ccccc12. The molecule has 1 N–H and O–H groups in total. The van der Waals surface area contributed by atoms with Gasteiger partial charge in [0.15, 0.2) is 0 Å². The van der Waals surface area contributed by atoms with Crippen LogP contribution in [0.2, 0.25) is 0 Å². The number of rotatable bonds is 4. The number of hydrogen-bond acceptors (Lipinski definition) is 2. The molecule has 2 nitrogen and oxygen atoms in total. The Kier molecular flexibility index (Phi) is 4.20. The lowest BCUT2D eigenvalue weighted by Crippen LogP contribution is -2.25. The first-order valence-corrected chi connectivity index (χ1v) is 7.54. The van der Waals surface area contributed by atoms with Gasteiger partial charge in [-0.25, -0.2) is 4.39 Å². The minimum atomic E-state index is -0.178. The molecule has 0 fully saturated rings. The van der Waals surface area contributed by atoms with Gasteiger partial charge in [-0.15, -0.1) is 0 Å². The van der Waals surface area contributed by atoms with Crippen LogP contribution in [0.25, 0.3) is 10.8 Å². The van der Waals surface area contributed by atoms with Crippen molar-refractivity contribution >= 4 is 10.8 Å². The number of likely N-dealkylation sites (N-methyl/N-ethyl adjacent to an activating group) is 1. The topological polar surface area (TPSA) is 21.3 Å². The molecule has 2 aromatic rings. The minimum absolute atomic E-state index is 0.0131. The molecule has 0 bridgehead atoms. The van der Waals surface area contributed by atoms with Crippen molar-refractivity contribution in [2.24, 2.45) is 0 Å². The molecule has 21 heavy (non-hydrogen) atoms. The largest absolute Gasteiger partial charge is 0.496 e. The Hall–Kier alpha value is -1.87. The Bertz CT molecular complexity index is 665. The summed E-state index contributed by atoms with van der Waals surface area (Å²) >= 11 is 0. The lowest BCUT2D eigenvalue weighted by atomic mass is 9.96. The van der Waals surface area contributed by atoms with Crippen LogP contribution in [0.3, 0.4) is 0 Å². The Balaban J connectivity index is 2.11. The number of fused-ring (bicyclic) bond motifs is 1. The summed E-state index contributed by atoms with van der Waals surface area (Å²) in [6.45, 7) is 3.66. The van der Waals surface area contributed by atoms with Crippen LogP contribution in [0.4, 0.5) is 4.39 Å². The summed E-state index contributed by atoms with van der Waals surface area (Å²) in [4.78, 5) is 0. The standard InChI is InChI=1S/C18H20FNO/c1-2-20-18(17-9-5-6-12-21-17)15-10-11-16(19)14-8-4-3-7-13(14)15/h3-4,7-11,18,20H,2,5-6,12H2,1H3. The van der Waals surface area contributed by atoms with Gasteiger partial charge in [0.05, 0.1) is 12.6 Å². The number of benzene rings is 2. The van der Waals surface area contributed by atoms with E-state index in [2.05, 4.69) is 18.3 Å². The third kappa shape index (κ3) is 2.79. The van der Waals surface area contributed by atoms with Gasteiger partial charge in [-0.2, -0.15) is 0 Å². The molecular formula is C18H20FNO. The van der Waals surface area contributed by atoms with Gasteiger partial charge < -0.3 is 10.1 Å². The smallest absolute Gasteiger partial charge is 0.131 e. The van der Waals surface area contributed by atoms with Crippen molar-refractivity contribution in [1.82, 2.24) is 5.32 Å². The quantitative estimate of drug-likeness (QED) is 0.903.